The molecule has 2 bridgehead atoms. The van der Waals surface area contributed by atoms with Crippen LogP contribution in [0.4, 0.5) is 13.2 Å². The number of nitrogens with one attached hydrogen (secondary N) is 1. The number of rotatable bonds is 2. The van der Waals surface area contributed by atoms with E-state index in [9.17, 15) is 18.0 Å². The summed E-state index contributed by atoms with van der Waals surface area (Å²) < 4.78 is 39.3. The van der Waals surface area contributed by atoms with Crippen molar-refractivity contribution in [1.82, 2.24) is 10.2 Å². The van der Waals surface area contributed by atoms with Crippen molar-refractivity contribution >= 4 is 27.3 Å². The molecule has 3 saturated heterocycles. The second kappa shape index (κ2) is 5.96. The van der Waals surface area contributed by atoms with Crippen molar-refractivity contribution in [2.24, 2.45) is 5.92 Å². The second-order valence-electron chi connectivity index (χ2n) is 7.79. The third-order valence-electron chi connectivity index (χ3n) is 5.94. The molecule has 0 saturated carbocycles. The number of hydrogen-bond donors (Lipinski definition) is 1. The predicted molar refractivity (Wildman–Crippen MR) is 96.5 cm³/mol. The molecule has 1 atom stereocenters. The summed E-state index contributed by atoms with van der Waals surface area (Å²) in [6.45, 7) is 6.44. The van der Waals surface area contributed by atoms with Crippen molar-refractivity contribution in [2.75, 3.05) is 13.1 Å². The van der Waals surface area contributed by atoms with Crippen LogP contribution in [0.2, 0.25) is 0 Å². The molecule has 3 nitrogen and oxygen atoms in total. The number of fused-ring (bicyclic) bond motifs is 4. The van der Waals surface area contributed by atoms with E-state index in [0.29, 0.717) is 20.9 Å². The highest BCUT2D eigenvalue weighted by Gasteiger charge is 2.48. The number of carbonyl (C=O) groups is 1. The first kappa shape index (κ1) is 17.8. The zero-order valence-electron chi connectivity index (χ0n) is 14.7. The minimum absolute atomic E-state index is 0.0634. The first-order valence-corrected chi connectivity index (χ1v) is 9.64. The van der Waals surface area contributed by atoms with E-state index in [1.54, 1.807) is 6.07 Å². The number of halogens is 3. The summed E-state index contributed by atoms with van der Waals surface area (Å²) in [6.07, 6.45) is -2.22. The van der Waals surface area contributed by atoms with Gasteiger partial charge in [-0.1, -0.05) is 0 Å². The smallest absolute Gasteiger partial charge is 0.346 e. The number of amides is 1. The molecule has 1 aromatic carbocycles. The molecule has 5 rings (SSSR count). The van der Waals surface area contributed by atoms with Gasteiger partial charge in [0.15, 0.2) is 0 Å². The van der Waals surface area contributed by atoms with Gasteiger partial charge in [-0.15, -0.1) is 11.3 Å². The van der Waals surface area contributed by atoms with Gasteiger partial charge in [0.2, 0.25) is 0 Å². The normalized spacial score (nSPS) is 27.7. The average molecular weight is 382 g/mol. The fourth-order valence-corrected chi connectivity index (χ4v) is 5.37. The van der Waals surface area contributed by atoms with Crippen LogP contribution in [0.3, 0.4) is 0 Å². The summed E-state index contributed by atoms with van der Waals surface area (Å²) >= 11 is 1.24. The lowest BCUT2D eigenvalue weighted by Gasteiger charge is -2.56. The topological polar surface area (TPSA) is 32.3 Å². The van der Waals surface area contributed by atoms with E-state index in [1.165, 1.54) is 17.4 Å². The molecule has 140 valence electrons. The van der Waals surface area contributed by atoms with Crippen LogP contribution in [0.5, 0.6) is 0 Å². The lowest BCUT2D eigenvalue weighted by atomic mass is 9.72. The van der Waals surface area contributed by atoms with Gasteiger partial charge < -0.3 is 5.32 Å². The number of alkyl halides is 3. The molecule has 0 radical (unpaired) electrons. The lowest BCUT2D eigenvalue weighted by molar-refractivity contribution is -0.137. The third-order valence-corrected chi connectivity index (χ3v) is 7.06. The molecule has 3 aliphatic rings. The highest BCUT2D eigenvalue weighted by Crippen LogP contribution is 2.39. The molecule has 1 aromatic heterocycles. The van der Waals surface area contributed by atoms with E-state index in [4.69, 9.17) is 0 Å². The number of nitrogens with zero attached hydrogens (tertiary/aromatic N) is 1. The zero-order chi connectivity index (χ0) is 18.7. The maximum absolute atomic E-state index is 12.9. The molecule has 4 heterocycles. The van der Waals surface area contributed by atoms with E-state index in [0.717, 1.165) is 38.1 Å². The Bertz CT molecular complexity index is 850. The molecule has 1 unspecified atom stereocenters. The van der Waals surface area contributed by atoms with Gasteiger partial charge in [-0.3, -0.25) is 9.69 Å². The zero-order valence-corrected chi connectivity index (χ0v) is 15.5. The van der Waals surface area contributed by atoms with Crippen LogP contribution >= 0.6 is 11.3 Å². The molecular formula is C19H21F3N2OS. The van der Waals surface area contributed by atoms with Crippen LogP contribution in [-0.4, -0.2) is 35.5 Å². The maximum Gasteiger partial charge on any atom is 0.416 e. The van der Waals surface area contributed by atoms with Gasteiger partial charge in [0.25, 0.3) is 5.91 Å². The number of thiophene rings is 1. The van der Waals surface area contributed by atoms with Crippen molar-refractivity contribution in [3.05, 3.63) is 34.7 Å². The van der Waals surface area contributed by atoms with E-state index < -0.39 is 11.7 Å². The van der Waals surface area contributed by atoms with Crippen molar-refractivity contribution in [3.8, 4) is 0 Å². The molecule has 1 N–H and O–H groups in total. The van der Waals surface area contributed by atoms with Crippen molar-refractivity contribution < 1.29 is 18.0 Å². The second-order valence-corrected chi connectivity index (χ2v) is 8.87. The number of piperidine rings is 3. The van der Waals surface area contributed by atoms with Gasteiger partial charge in [0.05, 0.1) is 10.4 Å². The van der Waals surface area contributed by atoms with Gasteiger partial charge >= 0.3 is 6.18 Å². The Kier molecular flexibility index (Phi) is 4.08. The van der Waals surface area contributed by atoms with Gasteiger partial charge in [0.1, 0.15) is 0 Å². The highest BCUT2D eigenvalue weighted by molar-refractivity contribution is 7.20. The number of benzene rings is 1. The van der Waals surface area contributed by atoms with E-state index in [-0.39, 0.29) is 17.5 Å². The molecule has 0 spiro atoms. The lowest BCUT2D eigenvalue weighted by Crippen LogP contribution is -2.69. The standard InChI is InChI=1S/C19H21F3N2OS/c1-18(2)16(11-5-7-24(18)8-6-11)23-17(25)15-10-12-9-13(19(20,21)22)3-4-14(12)26-15/h3-4,9-11,16H,5-8H2,1-2H3,(H,23,25). The summed E-state index contributed by atoms with van der Waals surface area (Å²) in [4.78, 5) is 15.7. The molecule has 1 amide bonds. The highest BCUT2D eigenvalue weighted by atomic mass is 32.1. The first-order chi connectivity index (χ1) is 12.2. The van der Waals surface area contributed by atoms with Crippen molar-refractivity contribution in [1.29, 1.82) is 0 Å². The van der Waals surface area contributed by atoms with Crippen LogP contribution in [-0.2, 0) is 6.18 Å². The van der Waals surface area contributed by atoms with Gasteiger partial charge in [-0.25, -0.2) is 0 Å². The summed E-state index contributed by atoms with van der Waals surface area (Å²) in [7, 11) is 0. The monoisotopic (exact) mass is 382 g/mol. The quantitative estimate of drug-likeness (QED) is 0.828. The molecule has 3 fully saturated rings. The fraction of sp³-hybridized carbons (Fsp3) is 0.526. The van der Waals surface area contributed by atoms with Crippen LogP contribution in [0.1, 0.15) is 41.9 Å². The van der Waals surface area contributed by atoms with E-state index in [1.807, 2.05) is 0 Å². The summed E-state index contributed by atoms with van der Waals surface area (Å²) in [5.74, 6) is 0.275. The Balaban J connectivity index is 1.58. The van der Waals surface area contributed by atoms with Crippen LogP contribution < -0.4 is 5.32 Å². The third kappa shape index (κ3) is 2.91. The summed E-state index contributed by atoms with van der Waals surface area (Å²) in [6, 6.07) is 5.25. The Hall–Kier alpha value is -1.60. The SMILES string of the molecule is CC1(C)C(NC(=O)c2cc3cc(C(F)(F)F)ccc3s2)C2CCN1CC2. The average Bonchev–Trinajstić information content (AvgIpc) is 3.01. The molecular weight excluding hydrogens is 361 g/mol. The summed E-state index contributed by atoms with van der Waals surface area (Å²) in [5, 5.41) is 3.63. The van der Waals surface area contributed by atoms with E-state index in [2.05, 4.69) is 24.1 Å². The van der Waals surface area contributed by atoms with Crippen molar-refractivity contribution in [3.63, 3.8) is 0 Å². The van der Waals surface area contributed by atoms with Gasteiger partial charge in [0, 0.05) is 16.3 Å². The Morgan fingerprint density at radius 2 is 1.92 bits per heavy atom. The first-order valence-electron chi connectivity index (χ1n) is 8.83. The molecule has 2 aromatic rings. The number of hydrogen-bond acceptors (Lipinski definition) is 3. The van der Waals surface area contributed by atoms with Crippen LogP contribution in [0, 0.1) is 5.92 Å². The molecule has 26 heavy (non-hydrogen) atoms. The maximum atomic E-state index is 12.9. The van der Waals surface area contributed by atoms with Crippen LogP contribution in [0.15, 0.2) is 24.3 Å². The Morgan fingerprint density at radius 3 is 2.54 bits per heavy atom. The largest absolute Gasteiger partial charge is 0.416 e. The van der Waals surface area contributed by atoms with Gasteiger partial charge in [-0.05, 0) is 75.3 Å². The minimum atomic E-state index is -4.38. The fourth-order valence-electron chi connectivity index (χ4n) is 4.42. The predicted octanol–water partition coefficient (Wildman–Crippen LogP) is 4.52. The Labute approximate surface area is 154 Å². The van der Waals surface area contributed by atoms with Crippen LogP contribution in [0.25, 0.3) is 10.1 Å². The molecule has 3 aliphatic heterocycles. The van der Waals surface area contributed by atoms with Gasteiger partial charge in [-0.2, -0.15) is 13.2 Å². The number of carbonyl (C=O) groups excluding carboxylic acids is 1. The van der Waals surface area contributed by atoms with E-state index >= 15 is 0 Å². The molecule has 7 heteroatoms. The van der Waals surface area contributed by atoms with Crippen molar-refractivity contribution in [2.45, 2.75) is 44.4 Å². The minimum Gasteiger partial charge on any atom is -0.346 e. The Morgan fingerprint density at radius 1 is 1.23 bits per heavy atom. The summed E-state index contributed by atoms with van der Waals surface area (Å²) in [5.41, 5.74) is -0.787. The molecule has 0 aliphatic carbocycles.